The third-order valence-electron chi connectivity index (χ3n) is 4.20. The number of ketones is 1. The van der Waals surface area contributed by atoms with Crippen molar-refractivity contribution in [2.45, 2.75) is 6.42 Å². The number of carbonyl (C=O) groups is 2. The summed E-state index contributed by atoms with van der Waals surface area (Å²) in [7, 11) is 1.58. The summed E-state index contributed by atoms with van der Waals surface area (Å²) < 4.78 is 10.3. The van der Waals surface area contributed by atoms with E-state index in [0.717, 1.165) is 5.56 Å². The normalized spacial score (nSPS) is 20.1. The van der Waals surface area contributed by atoms with Crippen LogP contribution in [0.3, 0.4) is 0 Å². The van der Waals surface area contributed by atoms with E-state index in [1.165, 1.54) is 0 Å². The van der Waals surface area contributed by atoms with E-state index in [9.17, 15) is 9.59 Å². The Bertz CT molecular complexity index is 691. The van der Waals surface area contributed by atoms with Crippen molar-refractivity contribution in [3.8, 4) is 5.75 Å². The van der Waals surface area contributed by atoms with E-state index in [-0.39, 0.29) is 18.4 Å². The second kappa shape index (κ2) is 6.65. The zero-order valence-corrected chi connectivity index (χ0v) is 12.9. The van der Waals surface area contributed by atoms with E-state index in [1.807, 2.05) is 30.3 Å². The molecule has 1 fully saturated rings. The standard InChI is InChI=1S/C19H18O4/c1-22-15-9-7-14(8-10-15)18(20)17-12-23-19(21)16(17)11-13-5-3-2-4-6-13/h2-10,16-17H,11-12H2,1H3/t16-,17-/m0/s1. The van der Waals surface area contributed by atoms with Crippen LogP contribution in [-0.2, 0) is 16.0 Å². The number of cyclic esters (lactones) is 1. The molecule has 0 aromatic heterocycles. The molecule has 1 aliphatic heterocycles. The number of Topliss-reactive ketones (excluding diaryl/α,β-unsaturated/α-hetero) is 1. The Morgan fingerprint density at radius 2 is 1.83 bits per heavy atom. The predicted octanol–water partition coefficient (Wildman–Crippen LogP) is 2.91. The zero-order valence-electron chi connectivity index (χ0n) is 12.9. The second-order valence-corrected chi connectivity index (χ2v) is 5.63. The maximum Gasteiger partial charge on any atom is 0.310 e. The molecular weight excluding hydrogens is 292 g/mol. The number of hydrogen-bond acceptors (Lipinski definition) is 4. The maximum atomic E-state index is 12.7. The zero-order chi connectivity index (χ0) is 16.2. The molecule has 0 amide bonds. The van der Waals surface area contributed by atoms with Gasteiger partial charge in [-0.25, -0.2) is 0 Å². The first-order valence-electron chi connectivity index (χ1n) is 7.58. The molecule has 4 heteroatoms. The Labute approximate surface area is 135 Å². The molecule has 3 rings (SSSR count). The molecule has 0 saturated carbocycles. The molecule has 0 spiro atoms. The summed E-state index contributed by atoms with van der Waals surface area (Å²) in [5.41, 5.74) is 1.61. The highest BCUT2D eigenvalue weighted by molar-refractivity contribution is 6.01. The third kappa shape index (κ3) is 3.26. The fourth-order valence-corrected chi connectivity index (χ4v) is 2.88. The van der Waals surface area contributed by atoms with Crippen molar-refractivity contribution in [3.05, 3.63) is 65.7 Å². The van der Waals surface area contributed by atoms with Crippen LogP contribution < -0.4 is 4.74 Å². The van der Waals surface area contributed by atoms with Gasteiger partial charge in [0.05, 0.1) is 18.9 Å². The quantitative estimate of drug-likeness (QED) is 0.629. The van der Waals surface area contributed by atoms with Gasteiger partial charge < -0.3 is 9.47 Å². The highest BCUT2D eigenvalue weighted by Gasteiger charge is 2.41. The molecule has 1 heterocycles. The van der Waals surface area contributed by atoms with Crippen molar-refractivity contribution in [3.63, 3.8) is 0 Å². The molecule has 2 atom stereocenters. The number of rotatable bonds is 5. The van der Waals surface area contributed by atoms with E-state index in [1.54, 1.807) is 31.4 Å². The molecular formula is C19H18O4. The van der Waals surface area contributed by atoms with Gasteiger partial charge in [-0.2, -0.15) is 0 Å². The summed E-state index contributed by atoms with van der Waals surface area (Å²) in [4.78, 5) is 24.8. The van der Waals surface area contributed by atoms with Crippen LogP contribution in [0.2, 0.25) is 0 Å². The van der Waals surface area contributed by atoms with Crippen LogP contribution in [0.15, 0.2) is 54.6 Å². The minimum Gasteiger partial charge on any atom is -0.497 e. The largest absolute Gasteiger partial charge is 0.497 e. The van der Waals surface area contributed by atoms with Crippen LogP contribution in [0.4, 0.5) is 0 Å². The molecule has 118 valence electrons. The summed E-state index contributed by atoms with van der Waals surface area (Å²) in [6, 6.07) is 16.6. The first-order valence-corrected chi connectivity index (χ1v) is 7.58. The van der Waals surface area contributed by atoms with E-state index < -0.39 is 11.8 Å². The second-order valence-electron chi connectivity index (χ2n) is 5.63. The van der Waals surface area contributed by atoms with E-state index in [0.29, 0.717) is 17.7 Å². The fraction of sp³-hybridized carbons (Fsp3) is 0.263. The molecule has 0 aliphatic carbocycles. The van der Waals surface area contributed by atoms with E-state index >= 15 is 0 Å². The summed E-state index contributed by atoms with van der Waals surface area (Å²) in [5.74, 6) is -0.510. The van der Waals surface area contributed by atoms with Crippen molar-refractivity contribution in [1.29, 1.82) is 0 Å². The van der Waals surface area contributed by atoms with Gasteiger partial charge in [-0.15, -0.1) is 0 Å². The van der Waals surface area contributed by atoms with Gasteiger partial charge in [0.2, 0.25) is 0 Å². The van der Waals surface area contributed by atoms with Crippen molar-refractivity contribution >= 4 is 11.8 Å². The average molecular weight is 310 g/mol. The number of ether oxygens (including phenoxy) is 2. The van der Waals surface area contributed by atoms with Crippen LogP contribution in [0.5, 0.6) is 5.75 Å². The Balaban J connectivity index is 1.79. The summed E-state index contributed by atoms with van der Waals surface area (Å²) in [5, 5.41) is 0. The first kappa shape index (κ1) is 15.3. The SMILES string of the molecule is COc1ccc(C(=O)[C@H]2COC(=O)[C@H]2Cc2ccccc2)cc1. The predicted molar refractivity (Wildman–Crippen MR) is 85.4 cm³/mol. The molecule has 2 aromatic rings. The number of methoxy groups -OCH3 is 1. The lowest BCUT2D eigenvalue weighted by atomic mass is 9.84. The lowest BCUT2D eigenvalue weighted by Gasteiger charge is -2.14. The van der Waals surface area contributed by atoms with Gasteiger partial charge in [-0.05, 0) is 36.2 Å². The lowest BCUT2D eigenvalue weighted by molar-refractivity contribution is -0.141. The number of esters is 1. The minimum atomic E-state index is -0.434. The molecule has 2 aromatic carbocycles. The van der Waals surface area contributed by atoms with E-state index in [2.05, 4.69) is 0 Å². The molecule has 23 heavy (non-hydrogen) atoms. The van der Waals surface area contributed by atoms with Crippen molar-refractivity contribution in [2.24, 2.45) is 11.8 Å². The molecule has 0 N–H and O–H groups in total. The maximum absolute atomic E-state index is 12.7. The van der Waals surface area contributed by atoms with Gasteiger partial charge >= 0.3 is 5.97 Å². The Morgan fingerprint density at radius 3 is 2.48 bits per heavy atom. The number of hydrogen-bond donors (Lipinski definition) is 0. The molecule has 1 saturated heterocycles. The smallest absolute Gasteiger partial charge is 0.310 e. The van der Waals surface area contributed by atoms with Crippen LogP contribution in [0, 0.1) is 11.8 Å². The molecule has 0 radical (unpaired) electrons. The topological polar surface area (TPSA) is 52.6 Å². The highest BCUT2D eigenvalue weighted by Crippen LogP contribution is 2.29. The van der Waals surface area contributed by atoms with Gasteiger partial charge in [0, 0.05) is 5.56 Å². The Kier molecular flexibility index (Phi) is 4.42. The van der Waals surface area contributed by atoms with Crippen LogP contribution in [-0.4, -0.2) is 25.5 Å². The van der Waals surface area contributed by atoms with Crippen molar-refractivity contribution < 1.29 is 19.1 Å². The van der Waals surface area contributed by atoms with Crippen molar-refractivity contribution in [2.75, 3.05) is 13.7 Å². The number of benzene rings is 2. The fourth-order valence-electron chi connectivity index (χ4n) is 2.88. The summed E-state index contributed by atoms with van der Waals surface area (Å²) >= 11 is 0. The summed E-state index contributed by atoms with van der Waals surface area (Å²) in [6.07, 6.45) is 0.520. The first-order chi connectivity index (χ1) is 11.2. The molecule has 1 aliphatic rings. The van der Waals surface area contributed by atoms with Gasteiger partial charge in [-0.1, -0.05) is 30.3 Å². The van der Waals surface area contributed by atoms with Gasteiger partial charge in [-0.3, -0.25) is 9.59 Å². The molecule has 0 unspecified atom stereocenters. The average Bonchev–Trinajstić information content (AvgIpc) is 2.96. The Morgan fingerprint density at radius 1 is 1.13 bits per heavy atom. The molecule has 0 bridgehead atoms. The summed E-state index contributed by atoms with van der Waals surface area (Å²) in [6.45, 7) is 0.154. The van der Waals surface area contributed by atoms with Crippen LogP contribution in [0.1, 0.15) is 15.9 Å². The minimum absolute atomic E-state index is 0.0561. The number of carbonyl (C=O) groups excluding carboxylic acids is 2. The van der Waals surface area contributed by atoms with Gasteiger partial charge in [0.25, 0.3) is 0 Å². The van der Waals surface area contributed by atoms with Crippen molar-refractivity contribution in [1.82, 2.24) is 0 Å². The van der Waals surface area contributed by atoms with Gasteiger partial charge in [0.15, 0.2) is 5.78 Å². The monoisotopic (exact) mass is 310 g/mol. The van der Waals surface area contributed by atoms with Crippen LogP contribution >= 0.6 is 0 Å². The van der Waals surface area contributed by atoms with Gasteiger partial charge in [0.1, 0.15) is 12.4 Å². The molecule has 4 nitrogen and oxygen atoms in total. The Hall–Kier alpha value is -2.62. The van der Waals surface area contributed by atoms with E-state index in [4.69, 9.17) is 9.47 Å². The highest BCUT2D eigenvalue weighted by atomic mass is 16.5. The lowest BCUT2D eigenvalue weighted by Crippen LogP contribution is -2.26. The van der Waals surface area contributed by atoms with Crippen LogP contribution in [0.25, 0.3) is 0 Å². The third-order valence-corrected chi connectivity index (χ3v) is 4.20.